The van der Waals surface area contributed by atoms with Gasteiger partial charge in [0.1, 0.15) is 0 Å². The highest BCUT2D eigenvalue weighted by Gasteiger charge is 2.32. The minimum atomic E-state index is -0.722. The van der Waals surface area contributed by atoms with Crippen LogP contribution in [0.2, 0.25) is 0 Å². The Morgan fingerprint density at radius 2 is 1.90 bits per heavy atom. The molecule has 0 aliphatic carbocycles. The number of carbonyl (C=O) groups is 2. The molecule has 0 fully saturated rings. The van der Waals surface area contributed by atoms with Crippen molar-refractivity contribution >= 4 is 11.8 Å². The van der Waals surface area contributed by atoms with Crippen LogP contribution in [0.25, 0.3) is 0 Å². The van der Waals surface area contributed by atoms with Crippen LogP contribution >= 0.6 is 0 Å². The number of esters is 1. The number of benzene rings is 1. The maximum Gasteiger partial charge on any atom is 0.314 e. The van der Waals surface area contributed by atoms with Crippen molar-refractivity contribution < 1.29 is 14.3 Å². The summed E-state index contributed by atoms with van der Waals surface area (Å²) in [5.41, 5.74) is -0.161. The lowest BCUT2D eigenvalue weighted by Crippen LogP contribution is -2.29. The predicted octanol–water partition coefficient (Wildman–Crippen LogP) is 2.87. The van der Waals surface area contributed by atoms with Gasteiger partial charge in [-0.25, -0.2) is 0 Å². The summed E-state index contributed by atoms with van der Waals surface area (Å²) in [6.45, 7) is 3.51. The normalized spacial score (nSPS) is 12.7. The van der Waals surface area contributed by atoms with Gasteiger partial charge in [-0.05, 0) is 19.9 Å². The van der Waals surface area contributed by atoms with Crippen molar-refractivity contribution in [2.45, 2.75) is 13.8 Å². The third kappa shape index (κ3) is 3.83. The summed E-state index contributed by atoms with van der Waals surface area (Å²) in [7, 11) is 1.30. The van der Waals surface area contributed by atoms with Gasteiger partial charge in [0.05, 0.1) is 13.0 Å². The van der Waals surface area contributed by atoms with Crippen molar-refractivity contribution in [3.8, 4) is 12.3 Å². The van der Waals surface area contributed by atoms with Crippen LogP contribution in [0.4, 0.5) is 0 Å². The van der Waals surface area contributed by atoms with E-state index in [1.54, 1.807) is 38.1 Å². The first kappa shape index (κ1) is 15.7. The average molecular weight is 270 g/mol. The second-order valence-corrected chi connectivity index (χ2v) is 4.96. The van der Waals surface area contributed by atoms with Gasteiger partial charge in [-0.2, -0.15) is 0 Å². The third-order valence-corrected chi connectivity index (χ3v) is 3.10. The molecule has 1 rings (SSSR count). The molecule has 0 N–H and O–H groups in total. The lowest BCUT2D eigenvalue weighted by atomic mass is 9.79. The fraction of sp³-hybridized carbons (Fsp3) is 0.294. The first-order chi connectivity index (χ1) is 9.42. The first-order valence-corrected chi connectivity index (χ1v) is 6.25. The van der Waals surface area contributed by atoms with E-state index in [2.05, 4.69) is 5.92 Å². The van der Waals surface area contributed by atoms with Crippen molar-refractivity contribution in [3.05, 3.63) is 48.0 Å². The SMILES string of the molecule is C#CC(C)(C)C(/C=C/C(=O)c1ccccc1)C(=O)OC. The van der Waals surface area contributed by atoms with Crippen LogP contribution in [0.3, 0.4) is 0 Å². The summed E-state index contributed by atoms with van der Waals surface area (Å²) < 4.78 is 4.74. The van der Waals surface area contributed by atoms with E-state index in [0.29, 0.717) is 5.56 Å². The lowest BCUT2D eigenvalue weighted by Gasteiger charge is -2.24. The summed E-state index contributed by atoms with van der Waals surface area (Å²) in [4.78, 5) is 23.8. The molecule has 1 unspecified atom stereocenters. The molecule has 0 spiro atoms. The molecule has 104 valence electrons. The van der Waals surface area contributed by atoms with E-state index in [1.807, 2.05) is 6.07 Å². The molecule has 3 nitrogen and oxygen atoms in total. The first-order valence-electron chi connectivity index (χ1n) is 6.25. The molecule has 0 amide bonds. The zero-order valence-corrected chi connectivity index (χ0v) is 11.9. The number of rotatable bonds is 5. The number of ether oxygens (including phenoxy) is 1. The van der Waals surface area contributed by atoms with E-state index >= 15 is 0 Å². The van der Waals surface area contributed by atoms with E-state index in [0.717, 1.165) is 0 Å². The monoisotopic (exact) mass is 270 g/mol. The molecule has 0 heterocycles. The average Bonchev–Trinajstić information content (AvgIpc) is 2.47. The molecule has 0 bridgehead atoms. The predicted molar refractivity (Wildman–Crippen MR) is 78.0 cm³/mol. The highest BCUT2D eigenvalue weighted by molar-refractivity contribution is 6.04. The minimum absolute atomic E-state index is 0.174. The molecule has 0 saturated carbocycles. The number of hydrogen-bond donors (Lipinski definition) is 0. The van der Waals surface area contributed by atoms with Gasteiger partial charge in [-0.3, -0.25) is 9.59 Å². The fourth-order valence-corrected chi connectivity index (χ4v) is 1.71. The summed E-state index contributed by atoms with van der Waals surface area (Å²) in [5, 5.41) is 0. The molecule has 0 aromatic heterocycles. The summed E-state index contributed by atoms with van der Waals surface area (Å²) in [6.07, 6.45) is 8.33. The number of methoxy groups -OCH3 is 1. The van der Waals surface area contributed by atoms with Crippen molar-refractivity contribution in [2.75, 3.05) is 7.11 Å². The number of terminal acetylenes is 1. The number of ketones is 1. The molecular weight excluding hydrogens is 252 g/mol. The Morgan fingerprint density at radius 1 is 1.30 bits per heavy atom. The zero-order valence-electron chi connectivity index (χ0n) is 11.9. The molecule has 1 atom stereocenters. The van der Waals surface area contributed by atoms with Gasteiger partial charge in [0.2, 0.25) is 0 Å². The lowest BCUT2D eigenvalue weighted by molar-refractivity contribution is -0.146. The van der Waals surface area contributed by atoms with E-state index in [-0.39, 0.29) is 5.78 Å². The van der Waals surface area contributed by atoms with Crippen LogP contribution in [0, 0.1) is 23.7 Å². The Labute approximate surface area is 119 Å². The maximum atomic E-state index is 12.0. The van der Waals surface area contributed by atoms with Crippen molar-refractivity contribution in [3.63, 3.8) is 0 Å². The van der Waals surface area contributed by atoms with Gasteiger partial charge in [0.15, 0.2) is 5.78 Å². The molecule has 1 aromatic carbocycles. The van der Waals surface area contributed by atoms with Gasteiger partial charge < -0.3 is 4.74 Å². The Bertz CT molecular complexity index is 547. The Kier molecular flexibility index (Phi) is 5.28. The molecule has 1 aromatic rings. The smallest absolute Gasteiger partial charge is 0.314 e. The largest absolute Gasteiger partial charge is 0.469 e. The van der Waals surface area contributed by atoms with Crippen molar-refractivity contribution in [2.24, 2.45) is 11.3 Å². The standard InChI is InChI=1S/C17H18O3/c1-5-17(2,3)14(16(19)20-4)11-12-15(18)13-9-7-6-8-10-13/h1,6-12,14H,2-4H3/b12-11+. The molecule has 3 heteroatoms. The summed E-state index contributed by atoms with van der Waals surface area (Å²) in [6, 6.07) is 8.83. The van der Waals surface area contributed by atoms with E-state index in [1.165, 1.54) is 19.3 Å². The Balaban J connectivity index is 2.97. The van der Waals surface area contributed by atoms with Crippen LogP contribution in [0.1, 0.15) is 24.2 Å². The van der Waals surface area contributed by atoms with Crippen LogP contribution in [-0.4, -0.2) is 18.9 Å². The highest BCUT2D eigenvalue weighted by atomic mass is 16.5. The van der Waals surface area contributed by atoms with Crippen LogP contribution in [-0.2, 0) is 9.53 Å². The third-order valence-electron chi connectivity index (χ3n) is 3.10. The molecule has 20 heavy (non-hydrogen) atoms. The number of carbonyl (C=O) groups excluding carboxylic acids is 2. The molecule has 0 saturated heterocycles. The maximum absolute atomic E-state index is 12.0. The molecule has 0 aliphatic heterocycles. The number of allylic oxidation sites excluding steroid dienone is 1. The van der Waals surface area contributed by atoms with Crippen LogP contribution in [0.15, 0.2) is 42.5 Å². The summed E-state index contributed by atoms with van der Waals surface area (Å²) >= 11 is 0. The van der Waals surface area contributed by atoms with Gasteiger partial charge >= 0.3 is 5.97 Å². The van der Waals surface area contributed by atoms with Gasteiger partial charge in [-0.1, -0.05) is 42.3 Å². The van der Waals surface area contributed by atoms with E-state index in [4.69, 9.17) is 11.2 Å². The molecule has 0 aliphatic rings. The zero-order chi connectivity index (χ0) is 15.2. The Morgan fingerprint density at radius 3 is 2.40 bits per heavy atom. The van der Waals surface area contributed by atoms with Crippen LogP contribution in [0.5, 0.6) is 0 Å². The highest BCUT2D eigenvalue weighted by Crippen LogP contribution is 2.28. The molecule has 0 radical (unpaired) electrons. The van der Waals surface area contributed by atoms with Gasteiger partial charge in [0.25, 0.3) is 0 Å². The van der Waals surface area contributed by atoms with Gasteiger partial charge in [0, 0.05) is 11.0 Å². The fourth-order valence-electron chi connectivity index (χ4n) is 1.71. The molecular formula is C17H18O3. The van der Waals surface area contributed by atoms with E-state index < -0.39 is 17.3 Å². The topological polar surface area (TPSA) is 43.4 Å². The second-order valence-electron chi connectivity index (χ2n) is 4.96. The second kappa shape index (κ2) is 6.72. The van der Waals surface area contributed by atoms with Gasteiger partial charge in [-0.15, -0.1) is 6.42 Å². The minimum Gasteiger partial charge on any atom is -0.469 e. The van der Waals surface area contributed by atoms with Crippen molar-refractivity contribution in [1.29, 1.82) is 0 Å². The summed E-state index contributed by atoms with van der Waals surface area (Å²) in [5.74, 6) is 1.27. The quantitative estimate of drug-likeness (QED) is 0.357. The van der Waals surface area contributed by atoms with E-state index in [9.17, 15) is 9.59 Å². The van der Waals surface area contributed by atoms with Crippen LogP contribution < -0.4 is 0 Å². The number of hydrogen-bond acceptors (Lipinski definition) is 3. The Hall–Kier alpha value is -2.34. The van der Waals surface area contributed by atoms with Crippen molar-refractivity contribution in [1.82, 2.24) is 0 Å².